The van der Waals surface area contributed by atoms with E-state index in [4.69, 9.17) is 16.3 Å². The zero-order valence-corrected chi connectivity index (χ0v) is 34.4. The van der Waals surface area contributed by atoms with Crippen LogP contribution in [0.25, 0.3) is 20.7 Å². The topological polar surface area (TPSA) is 157 Å². The minimum atomic E-state index is -4.45. The Morgan fingerprint density at radius 1 is 0.623 bits per heavy atom. The molecular weight excluding hydrogens is 866 g/mol. The van der Waals surface area contributed by atoms with Crippen molar-refractivity contribution < 1.29 is 36.2 Å². The van der Waals surface area contributed by atoms with Crippen molar-refractivity contribution in [2.24, 2.45) is 0 Å². The second-order valence-corrected chi connectivity index (χ2v) is 14.9. The van der Waals surface area contributed by atoms with E-state index >= 15 is 0 Å². The highest BCUT2D eigenvalue weighted by Gasteiger charge is 2.32. The van der Waals surface area contributed by atoms with E-state index in [0.29, 0.717) is 18.1 Å². The van der Waals surface area contributed by atoms with Gasteiger partial charge in [-0.15, -0.1) is 22.7 Å². The Morgan fingerprint density at radius 2 is 1.10 bits per heavy atom. The second-order valence-electron chi connectivity index (χ2n) is 12.9. The predicted molar refractivity (Wildman–Crippen MR) is 222 cm³/mol. The van der Waals surface area contributed by atoms with E-state index in [0.717, 1.165) is 81.3 Å². The minimum absolute atomic E-state index is 0.0900. The Balaban J connectivity index is 0.000000171. The summed E-state index contributed by atoms with van der Waals surface area (Å²) < 4.78 is 80.5. The number of aryl methyl sites for hydroxylation is 2. The summed E-state index contributed by atoms with van der Waals surface area (Å²) in [5, 5.41) is 15.6. The highest BCUT2D eigenvalue weighted by Crippen LogP contribution is 2.33. The molecule has 8 aromatic rings. The lowest BCUT2D eigenvalue weighted by molar-refractivity contribution is -0.138. The molecule has 0 aliphatic heterocycles. The number of benzene rings is 2. The van der Waals surface area contributed by atoms with Gasteiger partial charge in [-0.05, 0) is 80.3 Å². The van der Waals surface area contributed by atoms with Gasteiger partial charge in [-0.1, -0.05) is 35.9 Å². The molecule has 12 nitrogen and oxygen atoms in total. The zero-order chi connectivity index (χ0) is 43.6. The summed E-state index contributed by atoms with van der Waals surface area (Å²) in [5.74, 6) is 2.07. The molecule has 0 aliphatic carbocycles. The number of hydrogen-bond acceptors (Lipinski definition) is 14. The molecule has 21 heteroatoms. The second kappa shape index (κ2) is 19.9. The molecule has 0 saturated heterocycles. The van der Waals surface area contributed by atoms with Crippen molar-refractivity contribution in [1.29, 1.82) is 0 Å². The molecule has 0 unspecified atom stereocenters. The molecule has 316 valence electrons. The number of alkyl halides is 6. The molecule has 6 aromatic heterocycles. The van der Waals surface area contributed by atoms with Crippen LogP contribution in [0.3, 0.4) is 0 Å². The van der Waals surface area contributed by atoms with Crippen LogP contribution >= 0.6 is 34.3 Å². The van der Waals surface area contributed by atoms with Crippen LogP contribution in [0.1, 0.15) is 33.6 Å². The van der Waals surface area contributed by atoms with Crippen molar-refractivity contribution >= 4 is 66.6 Å². The first-order chi connectivity index (χ1) is 29.1. The molecule has 0 aliphatic rings. The van der Waals surface area contributed by atoms with E-state index in [-0.39, 0.29) is 28.2 Å². The Hall–Kier alpha value is -6.25. The van der Waals surface area contributed by atoms with Crippen molar-refractivity contribution in [3.8, 4) is 17.4 Å². The van der Waals surface area contributed by atoms with Crippen molar-refractivity contribution in [3.63, 3.8) is 0 Å². The van der Waals surface area contributed by atoms with Gasteiger partial charge < -0.3 is 20.5 Å². The van der Waals surface area contributed by atoms with Gasteiger partial charge in [0.15, 0.2) is 11.6 Å². The fourth-order valence-electron chi connectivity index (χ4n) is 5.45. The number of ether oxygens (including phenoxy) is 1. The van der Waals surface area contributed by atoms with Gasteiger partial charge >= 0.3 is 12.4 Å². The van der Waals surface area contributed by atoms with Gasteiger partial charge in [-0.2, -0.15) is 26.3 Å². The average molecular weight is 899 g/mol. The molecule has 0 atom stereocenters. The largest absolute Gasteiger partial charge is 0.508 e. The first-order valence-electron chi connectivity index (χ1n) is 18.0. The van der Waals surface area contributed by atoms with Gasteiger partial charge in [0.1, 0.15) is 50.0 Å². The van der Waals surface area contributed by atoms with Crippen molar-refractivity contribution in [1.82, 2.24) is 39.9 Å². The number of nitrogens with zero attached hydrogens (tertiary/aromatic N) is 8. The minimum Gasteiger partial charge on any atom is -0.508 e. The molecule has 0 amide bonds. The Morgan fingerprint density at radius 3 is 1.59 bits per heavy atom. The molecule has 0 spiro atoms. The van der Waals surface area contributed by atoms with Gasteiger partial charge in [-0.25, -0.2) is 39.9 Å². The lowest BCUT2D eigenvalue weighted by Crippen LogP contribution is -2.07. The van der Waals surface area contributed by atoms with Crippen molar-refractivity contribution in [3.05, 3.63) is 135 Å². The molecular formula is C40H33ClF6N10O2S2. The number of aromatic hydroxyl groups is 1. The maximum Gasteiger partial charge on any atom is 0.416 e. The number of pyridine rings is 2. The molecule has 61 heavy (non-hydrogen) atoms. The number of nitrogens with one attached hydrogen (secondary N) is 2. The van der Waals surface area contributed by atoms with Crippen LogP contribution in [0, 0.1) is 13.8 Å². The van der Waals surface area contributed by atoms with Crippen LogP contribution in [-0.4, -0.2) is 58.1 Å². The predicted octanol–water partition coefficient (Wildman–Crippen LogP) is 10.8. The van der Waals surface area contributed by atoms with E-state index in [9.17, 15) is 31.4 Å². The molecule has 3 N–H and O–H groups in total. The van der Waals surface area contributed by atoms with Crippen LogP contribution in [0.4, 0.5) is 38.0 Å². The number of halogens is 7. The number of fused-ring (bicyclic) bond motifs is 2. The van der Waals surface area contributed by atoms with Gasteiger partial charge in [-0.3, -0.25) is 0 Å². The highest BCUT2D eigenvalue weighted by molar-refractivity contribution is 7.16. The average Bonchev–Trinajstić information content (AvgIpc) is 3.90. The Kier molecular flexibility index (Phi) is 14.4. The normalized spacial score (nSPS) is 11.4. The molecule has 2 aromatic carbocycles. The van der Waals surface area contributed by atoms with Crippen LogP contribution in [0.15, 0.2) is 96.5 Å². The summed E-state index contributed by atoms with van der Waals surface area (Å²) in [6.07, 6.45) is -4.18. The van der Waals surface area contributed by atoms with E-state index < -0.39 is 23.5 Å². The standard InChI is InChI=1S/C20H16F3N5OS.C13H12N4OS.C7H5ClF3N/c1-12-8-14(20(21,22)23)9-16(28-12)29-15-4-2-13(3-5-15)6-7-24-18-17-19(26-10-25-18)30-11-27-17;18-10-3-1-9(2-4-10)5-6-14-12-11-13(16-7-15-12)19-8-17-11;1-4-2-5(7(9,10)11)3-6(8)12-4/h2-5,8-11H,6-7H2,1H3,(H,24,25,26);1-4,7-8,18H,5-6H2,(H,14,15,16);2-3H,1H3. The fourth-order valence-corrected chi connectivity index (χ4v) is 6.96. The maximum absolute atomic E-state index is 12.9. The molecule has 0 saturated carbocycles. The third-order valence-electron chi connectivity index (χ3n) is 8.27. The molecule has 8 rings (SSSR count). The summed E-state index contributed by atoms with van der Waals surface area (Å²) >= 11 is 8.30. The number of thiazole rings is 2. The molecule has 6 heterocycles. The van der Waals surface area contributed by atoms with Crippen molar-refractivity contribution in [2.75, 3.05) is 23.7 Å². The Bertz CT molecular complexity index is 2660. The number of hydrogen-bond donors (Lipinski definition) is 3. The monoisotopic (exact) mass is 898 g/mol. The summed E-state index contributed by atoms with van der Waals surface area (Å²) in [6.45, 7) is 4.35. The quantitative estimate of drug-likeness (QED) is 0.0883. The maximum atomic E-state index is 12.9. The number of phenolic OH excluding ortho intramolecular Hbond substituents is 1. The van der Waals surface area contributed by atoms with E-state index in [1.165, 1.54) is 42.8 Å². The number of rotatable bonds is 10. The third kappa shape index (κ3) is 12.9. The summed E-state index contributed by atoms with van der Waals surface area (Å²) in [4.78, 5) is 34.6. The van der Waals surface area contributed by atoms with Crippen LogP contribution in [0.5, 0.6) is 17.4 Å². The first-order valence-corrected chi connectivity index (χ1v) is 20.1. The van der Waals surface area contributed by atoms with Gasteiger partial charge in [0.05, 0.1) is 22.1 Å². The lowest BCUT2D eigenvalue weighted by atomic mass is 10.1. The molecule has 0 bridgehead atoms. The summed E-state index contributed by atoms with van der Waals surface area (Å²) in [7, 11) is 0. The van der Waals surface area contributed by atoms with E-state index in [1.807, 2.05) is 24.3 Å². The molecule has 0 radical (unpaired) electrons. The van der Waals surface area contributed by atoms with E-state index in [2.05, 4.69) is 50.5 Å². The van der Waals surface area contributed by atoms with E-state index in [1.54, 1.807) is 41.6 Å². The van der Waals surface area contributed by atoms with Crippen LogP contribution in [-0.2, 0) is 25.2 Å². The molecule has 0 fully saturated rings. The SMILES string of the molecule is Cc1cc(C(F)(F)F)cc(Cl)n1.Cc1cc(C(F)(F)F)cc(Oc2ccc(CCNc3ncnc4scnc34)cc2)n1.Oc1ccc(CCNc2ncnc3scnc23)cc1. The third-order valence-corrected chi connectivity index (χ3v) is 9.93. The summed E-state index contributed by atoms with van der Waals surface area (Å²) in [6, 6.07) is 18.0. The smallest absolute Gasteiger partial charge is 0.416 e. The lowest BCUT2D eigenvalue weighted by Gasteiger charge is -2.11. The first kappa shape index (κ1) is 44.3. The zero-order valence-electron chi connectivity index (χ0n) is 32.0. The number of anilines is 2. The fraction of sp³-hybridized carbons (Fsp3) is 0.200. The van der Waals surface area contributed by atoms with Crippen LogP contribution in [0.2, 0.25) is 5.15 Å². The van der Waals surface area contributed by atoms with Gasteiger partial charge in [0.2, 0.25) is 5.88 Å². The number of phenols is 1. The van der Waals surface area contributed by atoms with Gasteiger partial charge in [0.25, 0.3) is 0 Å². The van der Waals surface area contributed by atoms with Crippen LogP contribution < -0.4 is 15.4 Å². The summed E-state index contributed by atoms with van der Waals surface area (Å²) in [5.41, 5.74) is 6.20. The number of aromatic nitrogens is 8. The Labute approximate surface area is 356 Å². The highest BCUT2D eigenvalue weighted by atomic mass is 35.5. The van der Waals surface area contributed by atoms with Gasteiger partial charge in [0, 0.05) is 30.5 Å². The van der Waals surface area contributed by atoms with Crippen molar-refractivity contribution in [2.45, 2.75) is 39.0 Å².